The number of rotatable bonds is 6. The van der Waals surface area contributed by atoms with E-state index in [9.17, 15) is 19.2 Å². The number of hydrogen-bond donors (Lipinski definition) is 3. The van der Waals surface area contributed by atoms with Gasteiger partial charge in [-0.25, -0.2) is 19.1 Å². The molecule has 1 heterocycles. The van der Waals surface area contributed by atoms with Crippen LogP contribution < -0.4 is 10.6 Å². The smallest absolute Gasteiger partial charge is 0.419 e. The molecule has 0 aliphatic rings. The van der Waals surface area contributed by atoms with E-state index < -0.39 is 47.3 Å². The van der Waals surface area contributed by atoms with Crippen molar-refractivity contribution in [1.82, 2.24) is 20.2 Å². The van der Waals surface area contributed by atoms with Gasteiger partial charge in [-0.15, -0.1) is 0 Å². The number of carboxylic acids is 1. The summed E-state index contributed by atoms with van der Waals surface area (Å²) >= 11 is 0. The Labute approximate surface area is 175 Å². The average molecular weight is 426 g/mol. The zero-order chi connectivity index (χ0) is 23.3. The Hall–Kier alpha value is -3.11. The maximum Gasteiger partial charge on any atom is 0.419 e. The Bertz CT molecular complexity index is 790. The molecule has 0 bridgehead atoms. The van der Waals surface area contributed by atoms with E-state index >= 15 is 0 Å². The minimum atomic E-state index is -1.23. The van der Waals surface area contributed by atoms with Crippen molar-refractivity contribution in [3.8, 4) is 0 Å². The van der Waals surface area contributed by atoms with E-state index in [1.54, 1.807) is 41.5 Å². The number of imidazole rings is 1. The molecule has 168 valence electrons. The van der Waals surface area contributed by atoms with Crippen molar-refractivity contribution in [2.75, 3.05) is 0 Å². The molecule has 0 saturated heterocycles. The third-order valence-corrected chi connectivity index (χ3v) is 3.39. The van der Waals surface area contributed by atoms with Gasteiger partial charge in [0.05, 0.1) is 5.69 Å². The van der Waals surface area contributed by atoms with Crippen molar-refractivity contribution in [2.45, 2.75) is 78.2 Å². The highest BCUT2D eigenvalue weighted by atomic mass is 16.6. The van der Waals surface area contributed by atoms with Crippen molar-refractivity contribution >= 4 is 24.1 Å². The minimum Gasteiger partial charge on any atom is -0.480 e. The summed E-state index contributed by atoms with van der Waals surface area (Å²) in [4.78, 5) is 51.8. The summed E-state index contributed by atoms with van der Waals surface area (Å²) in [5.41, 5.74) is -1.19. The maximum absolute atomic E-state index is 12.5. The Morgan fingerprint density at radius 3 is 2.13 bits per heavy atom. The molecular weight excluding hydrogens is 396 g/mol. The largest absolute Gasteiger partial charge is 0.480 e. The average Bonchev–Trinajstić information content (AvgIpc) is 2.99. The topological polar surface area (TPSA) is 149 Å². The van der Waals surface area contributed by atoms with E-state index in [1.165, 1.54) is 19.4 Å². The van der Waals surface area contributed by atoms with Gasteiger partial charge in [0, 0.05) is 12.6 Å². The second-order valence-electron chi connectivity index (χ2n) is 8.72. The lowest BCUT2D eigenvalue weighted by molar-refractivity contribution is -0.141. The van der Waals surface area contributed by atoms with Crippen LogP contribution in [0.5, 0.6) is 0 Å². The van der Waals surface area contributed by atoms with Crippen LogP contribution in [0.1, 0.15) is 54.2 Å². The third kappa shape index (κ3) is 8.93. The summed E-state index contributed by atoms with van der Waals surface area (Å²) in [6.45, 7) is 11.4. The van der Waals surface area contributed by atoms with Crippen molar-refractivity contribution in [1.29, 1.82) is 0 Å². The molecule has 0 aliphatic carbocycles. The first kappa shape index (κ1) is 24.9. The number of ether oxygens (including phenoxy) is 2. The van der Waals surface area contributed by atoms with E-state index in [4.69, 9.17) is 14.6 Å². The van der Waals surface area contributed by atoms with Crippen LogP contribution in [0.25, 0.3) is 0 Å². The van der Waals surface area contributed by atoms with Crippen LogP contribution in [0.3, 0.4) is 0 Å². The second kappa shape index (κ2) is 9.59. The highest BCUT2D eigenvalue weighted by Crippen LogP contribution is 2.11. The van der Waals surface area contributed by atoms with Gasteiger partial charge in [-0.3, -0.25) is 9.59 Å². The summed E-state index contributed by atoms with van der Waals surface area (Å²) in [5.74, 6) is -1.96. The Balaban J connectivity index is 2.97. The highest BCUT2D eigenvalue weighted by molar-refractivity contribution is 5.89. The van der Waals surface area contributed by atoms with Crippen LogP contribution in [-0.4, -0.2) is 62.0 Å². The fraction of sp³-hybridized carbons (Fsp3) is 0.632. The number of alkyl carbamates (subject to hydrolysis) is 1. The van der Waals surface area contributed by atoms with Crippen LogP contribution in [0, 0.1) is 0 Å². The molecule has 0 fully saturated rings. The molecule has 3 N–H and O–H groups in total. The molecule has 1 aromatic heterocycles. The lowest BCUT2D eigenvalue weighted by Gasteiger charge is -2.23. The van der Waals surface area contributed by atoms with Crippen molar-refractivity contribution in [2.24, 2.45) is 0 Å². The van der Waals surface area contributed by atoms with Crippen molar-refractivity contribution in [3.05, 3.63) is 18.2 Å². The van der Waals surface area contributed by atoms with Gasteiger partial charge in [0.25, 0.3) is 0 Å². The lowest BCUT2D eigenvalue weighted by Crippen LogP contribution is -2.52. The van der Waals surface area contributed by atoms with Gasteiger partial charge in [-0.1, -0.05) is 0 Å². The van der Waals surface area contributed by atoms with Gasteiger partial charge in [-0.05, 0) is 48.5 Å². The standard InChI is InChI=1S/C19H30N4O7/c1-11(15(25)26)21-14(24)13(22-16(27)29-18(2,3)4)8-12-9-23(10-20-12)17(28)30-19(5,6)7/h9-11,13H,8H2,1-7H3,(H,21,24)(H,22,27)(H,25,26)/t11-,13-/m0/s1. The van der Waals surface area contributed by atoms with Crippen molar-refractivity contribution < 1.29 is 33.8 Å². The number of carbonyl (C=O) groups is 4. The molecule has 1 aromatic rings. The first-order chi connectivity index (χ1) is 13.6. The Morgan fingerprint density at radius 2 is 1.63 bits per heavy atom. The zero-order valence-electron chi connectivity index (χ0n) is 18.3. The summed E-state index contributed by atoms with van der Waals surface area (Å²) < 4.78 is 11.5. The predicted molar refractivity (Wildman–Crippen MR) is 106 cm³/mol. The fourth-order valence-corrected chi connectivity index (χ4v) is 2.13. The molecule has 2 atom stereocenters. The van der Waals surface area contributed by atoms with Gasteiger partial charge in [0.1, 0.15) is 29.6 Å². The first-order valence-electron chi connectivity index (χ1n) is 9.36. The molecule has 0 unspecified atom stereocenters. The number of nitrogens with zero attached hydrogens (tertiary/aromatic N) is 2. The lowest BCUT2D eigenvalue weighted by atomic mass is 10.1. The van der Waals surface area contributed by atoms with E-state index in [-0.39, 0.29) is 6.42 Å². The highest BCUT2D eigenvalue weighted by Gasteiger charge is 2.28. The maximum atomic E-state index is 12.5. The van der Waals surface area contributed by atoms with Crippen LogP contribution in [0.15, 0.2) is 12.5 Å². The Morgan fingerprint density at radius 1 is 1.07 bits per heavy atom. The molecule has 11 heteroatoms. The first-order valence-corrected chi connectivity index (χ1v) is 9.36. The molecule has 11 nitrogen and oxygen atoms in total. The molecule has 0 spiro atoms. The summed E-state index contributed by atoms with van der Waals surface area (Å²) in [7, 11) is 0. The number of carboxylic acid groups (broad SMARTS) is 1. The van der Waals surface area contributed by atoms with E-state index in [2.05, 4.69) is 15.6 Å². The van der Waals surface area contributed by atoms with Gasteiger partial charge >= 0.3 is 18.2 Å². The third-order valence-electron chi connectivity index (χ3n) is 3.39. The van der Waals surface area contributed by atoms with E-state index in [0.717, 1.165) is 4.57 Å². The number of aromatic nitrogens is 2. The second-order valence-corrected chi connectivity index (χ2v) is 8.72. The number of hydrogen-bond acceptors (Lipinski definition) is 7. The van der Waals surface area contributed by atoms with Gasteiger partial charge < -0.3 is 25.2 Å². The molecule has 30 heavy (non-hydrogen) atoms. The van der Waals surface area contributed by atoms with Crippen LogP contribution in [0.2, 0.25) is 0 Å². The molecule has 1 rings (SSSR count). The molecule has 0 radical (unpaired) electrons. The number of aliphatic carboxylic acids is 1. The molecular formula is C19H30N4O7. The SMILES string of the molecule is C[C@H](NC(=O)[C@H](Cc1cn(C(=O)OC(C)(C)C)cn1)NC(=O)OC(C)(C)C)C(=O)O. The van der Waals surface area contributed by atoms with Gasteiger partial charge in [-0.2, -0.15) is 0 Å². The van der Waals surface area contributed by atoms with Crippen LogP contribution >= 0.6 is 0 Å². The van der Waals surface area contributed by atoms with Gasteiger partial charge in [0.2, 0.25) is 5.91 Å². The number of nitrogens with one attached hydrogen (secondary N) is 2. The summed E-state index contributed by atoms with van der Waals surface area (Å²) in [6.07, 6.45) is 0.990. The minimum absolute atomic E-state index is 0.104. The molecule has 2 amide bonds. The van der Waals surface area contributed by atoms with Gasteiger partial charge in [0.15, 0.2) is 0 Å². The van der Waals surface area contributed by atoms with E-state index in [1.807, 2.05) is 0 Å². The quantitative estimate of drug-likeness (QED) is 0.622. The van der Waals surface area contributed by atoms with Crippen LogP contribution in [-0.2, 0) is 25.5 Å². The molecule has 0 aliphatic heterocycles. The number of carbonyl (C=O) groups excluding carboxylic acids is 3. The molecule has 0 aromatic carbocycles. The van der Waals surface area contributed by atoms with Crippen LogP contribution in [0.4, 0.5) is 9.59 Å². The molecule has 0 saturated carbocycles. The Kier molecular flexibility index (Phi) is 7.97. The fourth-order valence-electron chi connectivity index (χ4n) is 2.13. The summed E-state index contributed by atoms with van der Waals surface area (Å²) in [5, 5.41) is 13.7. The van der Waals surface area contributed by atoms with E-state index in [0.29, 0.717) is 5.69 Å². The number of amides is 2. The van der Waals surface area contributed by atoms with Crippen molar-refractivity contribution in [3.63, 3.8) is 0 Å². The normalized spacial score (nSPS) is 13.7. The predicted octanol–water partition coefficient (Wildman–Crippen LogP) is 1.69. The summed E-state index contributed by atoms with van der Waals surface area (Å²) in [6, 6.07) is -2.34. The monoisotopic (exact) mass is 426 g/mol. The zero-order valence-corrected chi connectivity index (χ0v) is 18.3.